The van der Waals surface area contributed by atoms with Gasteiger partial charge in [0.1, 0.15) is 5.60 Å². The van der Waals surface area contributed by atoms with Gasteiger partial charge in [0.2, 0.25) is 0 Å². The number of nitrogens with one attached hydrogen (secondary N) is 2. The fourth-order valence-corrected chi connectivity index (χ4v) is 3.19. The number of rotatable bonds is 2. The van der Waals surface area contributed by atoms with Gasteiger partial charge in [0.05, 0.1) is 0 Å². The lowest BCUT2D eigenvalue weighted by Gasteiger charge is -2.34. The van der Waals surface area contributed by atoms with Crippen molar-refractivity contribution in [2.45, 2.75) is 83.4 Å². The number of carbonyl (C=O) groups excluding carboxylic acids is 2. The molecule has 3 amide bonds. The SMILES string of the molecule is CC(C)(C)OC(=O)N1CCC(NC(=O)NC2CCCCC2)CC1.[HH]. The molecule has 6 nitrogen and oxygen atoms in total. The van der Waals surface area contributed by atoms with Crippen molar-refractivity contribution >= 4 is 12.1 Å². The molecule has 0 spiro atoms. The quantitative estimate of drug-likeness (QED) is 0.818. The third kappa shape index (κ3) is 6.28. The molecule has 0 aromatic carbocycles. The summed E-state index contributed by atoms with van der Waals surface area (Å²) in [5.41, 5.74) is -0.466. The highest BCUT2D eigenvalue weighted by atomic mass is 16.6. The molecule has 0 radical (unpaired) electrons. The normalized spacial score (nSPS) is 20.9. The number of hydrogen-bond acceptors (Lipinski definition) is 3. The summed E-state index contributed by atoms with van der Waals surface area (Å²) in [4.78, 5) is 25.8. The molecule has 0 atom stereocenters. The van der Waals surface area contributed by atoms with Crippen LogP contribution in [0.5, 0.6) is 0 Å². The first-order valence-electron chi connectivity index (χ1n) is 8.88. The van der Waals surface area contributed by atoms with Crippen LogP contribution in [0.4, 0.5) is 9.59 Å². The second-order valence-corrected chi connectivity index (χ2v) is 7.69. The number of likely N-dealkylation sites (tertiary alicyclic amines) is 1. The van der Waals surface area contributed by atoms with E-state index in [1.807, 2.05) is 20.8 Å². The summed E-state index contributed by atoms with van der Waals surface area (Å²) in [6.07, 6.45) is 7.16. The third-order valence-electron chi connectivity index (χ3n) is 4.42. The van der Waals surface area contributed by atoms with E-state index in [-0.39, 0.29) is 19.6 Å². The Balaban J connectivity index is 0.00000288. The molecular formula is C17H33N3O3. The van der Waals surface area contributed by atoms with Crippen LogP contribution in [-0.2, 0) is 4.74 Å². The van der Waals surface area contributed by atoms with Crippen LogP contribution in [0.1, 0.15) is 67.1 Å². The molecule has 1 aliphatic heterocycles. The van der Waals surface area contributed by atoms with E-state index in [0.29, 0.717) is 19.1 Å². The summed E-state index contributed by atoms with van der Waals surface area (Å²) in [5, 5.41) is 6.12. The van der Waals surface area contributed by atoms with E-state index in [9.17, 15) is 9.59 Å². The molecule has 1 heterocycles. The van der Waals surface area contributed by atoms with Crippen molar-refractivity contribution < 1.29 is 15.8 Å². The minimum Gasteiger partial charge on any atom is -0.444 e. The van der Waals surface area contributed by atoms with Crippen LogP contribution in [0, 0.1) is 0 Å². The molecule has 1 saturated heterocycles. The highest BCUT2D eigenvalue weighted by Crippen LogP contribution is 2.18. The van der Waals surface area contributed by atoms with E-state index in [0.717, 1.165) is 25.7 Å². The molecule has 2 rings (SSSR count). The van der Waals surface area contributed by atoms with Gasteiger partial charge in [0.25, 0.3) is 0 Å². The highest BCUT2D eigenvalue weighted by Gasteiger charge is 2.27. The standard InChI is InChI=1S/C17H31N3O3.H2/c1-17(2,3)23-16(22)20-11-9-14(10-12-20)19-15(21)18-13-7-5-4-6-8-13;/h13-14H,4-12H2,1-3H3,(H2,18,19,21);1H. The number of urea groups is 1. The van der Waals surface area contributed by atoms with Crippen LogP contribution in [0.3, 0.4) is 0 Å². The summed E-state index contributed by atoms with van der Waals surface area (Å²) in [6, 6.07) is 0.399. The summed E-state index contributed by atoms with van der Waals surface area (Å²) >= 11 is 0. The zero-order chi connectivity index (χ0) is 16.9. The molecular weight excluding hydrogens is 294 g/mol. The number of ether oxygens (including phenoxy) is 1. The van der Waals surface area contributed by atoms with Gasteiger partial charge in [-0.05, 0) is 46.5 Å². The van der Waals surface area contributed by atoms with E-state index in [4.69, 9.17) is 4.74 Å². The molecule has 23 heavy (non-hydrogen) atoms. The van der Waals surface area contributed by atoms with Gasteiger partial charge in [-0.2, -0.15) is 0 Å². The minimum atomic E-state index is -0.466. The van der Waals surface area contributed by atoms with Gasteiger partial charge in [0.15, 0.2) is 0 Å². The minimum absolute atomic E-state index is 0. The van der Waals surface area contributed by atoms with Crippen molar-refractivity contribution in [1.82, 2.24) is 15.5 Å². The van der Waals surface area contributed by atoms with Gasteiger partial charge < -0.3 is 20.3 Å². The lowest BCUT2D eigenvalue weighted by Crippen LogP contribution is -2.51. The van der Waals surface area contributed by atoms with Crippen molar-refractivity contribution in [3.8, 4) is 0 Å². The van der Waals surface area contributed by atoms with Crippen LogP contribution in [0.25, 0.3) is 0 Å². The Morgan fingerprint density at radius 3 is 2.00 bits per heavy atom. The van der Waals surface area contributed by atoms with Crippen LogP contribution < -0.4 is 10.6 Å². The molecule has 1 saturated carbocycles. The summed E-state index contributed by atoms with van der Waals surface area (Å²) in [5.74, 6) is 0. The fraction of sp³-hybridized carbons (Fsp3) is 0.882. The van der Waals surface area contributed by atoms with Crippen LogP contribution in [0.2, 0.25) is 0 Å². The summed E-state index contributed by atoms with van der Waals surface area (Å²) in [6.45, 7) is 6.87. The van der Waals surface area contributed by atoms with Crippen molar-refractivity contribution in [1.29, 1.82) is 0 Å². The Labute approximate surface area is 140 Å². The number of amides is 3. The second-order valence-electron chi connectivity index (χ2n) is 7.69. The van der Waals surface area contributed by atoms with Crippen LogP contribution in [-0.4, -0.2) is 47.8 Å². The van der Waals surface area contributed by atoms with Crippen LogP contribution >= 0.6 is 0 Å². The van der Waals surface area contributed by atoms with E-state index < -0.39 is 5.60 Å². The van der Waals surface area contributed by atoms with Gasteiger partial charge in [-0.3, -0.25) is 0 Å². The monoisotopic (exact) mass is 327 g/mol. The van der Waals surface area contributed by atoms with Gasteiger partial charge in [-0.25, -0.2) is 9.59 Å². The van der Waals surface area contributed by atoms with Gasteiger partial charge in [-0.1, -0.05) is 19.3 Å². The van der Waals surface area contributed by atoms with Gasteiger partial charge in [-0.15, -0.1) is 0 Å². The highest BCUT2D eigenvalue weighted by molar-refractivity contribution is 5.74. The predicted molar refractivity (Wildman–Crippen MR) is 91.5 cm³/mol. The topological polar surface area (TPSA) is 70.7 Å². The maximum absolute atomic E-state index is 12.1. The first kappa shape index (κ1) is 17.9. The van der Waals surface area contributed by atoms with E-state index in [2.05, 4.69) is 10.6 Å². The van der Waals surface area contributed by atoms with E-state index >= 15 is 0 Å². The summed E-state index contributed by atoms with van der Waals surface area (Å²) in [7, 11) is 0. The lowest BCUT2D eigenvalue weighted by molar-refractivity contribution is 0.0201. The van der Waals surface area contributed by atoms with Gasteiger partial charge >= 0.3 is 12.1 Å². The van der Waals surface area contributed by atoms with Crippen LogP contribution in [0.15, 0.2) is 0 Å². The van der Waals surface area contributed by atoms with Gasteiger partial charge in [0, 0.05) is 26.6 Å². The average molecular weight is 327 g/mol. The maximum Gasteiger partial charge on any atom is 0.410 e. The van der Waals surface area contributed by atoms with Crippen molar-refractivity contribution in [2.24, 2.45) is 0 Å². The lowest BCUT2D eigenvalue weighted by atomic mass is 9.96. The number of hydrogen-bond donors (Lipinski definition) is 2. The largest absolute Gasteiger partial charge is 0.444 e. The van der Waals surface area contributed by atoms with Crippen molar-refractivity contribution in [3.05, 3.63) is 0 Å². The van der Waals surface area contributed by atoms with Crippen molar-refractivity contribution in [2.75, 3.05) is 13.1 Å². The Morgan fingerprint density at radius 2 is 1.48 bits per heavy atom. The maximum atomic E-state index is 12.1. The Kier molecular flexibility index (Phi) is 6.13. The molecule has 0 unspecified atom stereocenters. The molecule has 134 valence electrons. The second kappa shape index (κ2) is 7.88. The third-order valence-corrected chi connectivity index (χ3v) is 4.42. The molecule has 2 aliphatic rings. The zero-order valence-corrected chi connectivity index (χ0v) is 14.7. The van der Waals surface area contributed by atoms with E-state index in [1.165, 1.54) is 19.3 Å². The predicted octanol–water partition coefficient (Wildman–Crippen LogP) is 3.26. The first-order valence-corrected chi connectivity index (χ1v) is 8.88. The molecule has 2 N–H and O–H groups in total. The fourth-order valence-electron chi connectivity index (χ4n) is 3.19. The molecule has 0 aromatic rings. The summed E-state index contributed by atoms with van der Waals surface area (Å²) < 4.78 is 5.38. The molecule has 0 aromatic heterocycles. The Bertz CT molecular complexity index is 412. The Morgan fingerprint density at radius 1 is 0.957 bits per heavy atom. The number of piperidine rings is 1. The molecule has 6 heteroatoms. The molecule has 0 bridgehead atoms. The Hall–Kier alpha value is -1.46. The zero-order valence-electron chi connectivity index (χ0n) is 14.7. The first-order chi connectivity index (χ1) is 10.8. The number of nitrogens with zero attached hydrogens (tertiary/aromatic N) is 1. The molecule has 1 aliphatic carbocycles. The smallest absolute Gasteiger partial charge is 0.410 e. The molecule has 2 fully saturated rings. The average Bonchev–Trinajstić information content (AvgIpc) is 2.47. The van der Waals surface area contributed by atoms with E-state index in [1.54, 1.807) is 4.90 Å². The number of carbonyl (C=O) groups is 2. The van der Waals surface area contributed by atoms with Crippen molar-refractivity contribution in [3.63, 3.8) is 0 Å².